The van der Waals surface area contributed by atoms with Gasteiger partial charge in [0.1, 0.15) is 5.82 Å². The Balaban J connectivity index is 3.30. The molecule has 0 aliphatic carbocycles. The van der Waals surface area contributed by atoms with Gasteiger partial charge in [0.2, 0.25) is 0 Å². The molecule has 0 aliphatic heterocycles. The molecule has 0 N–H and O–H groups in total. The summed E-state index contributed by atoms with van der Waals surface area (Å²) >= 11 is 0. The van der Waals surface area contributed by atoms with Gasteiger partial charge in [0, 0.05) is 0 Å². The molecular formula is C11H4F4N2O. The third-order valence-corrected chi connectivity index (χ3v) is 2.08. The van der Waals surface area contributed by atoms with Crippen molar-refractivity contribution in [1.29, 1.82) is 10.5 Å². The summed E-state index contributed by atoms with van der Waals surface area (Å²) in [6.45, 7) is 0. The summed E-state index contributed by atoms with van der Waals surface area (Å²) in [6, 6.07) is 3.79. The largest absolute Gasteiger partial charge is 0.416 e. The maximum absolute atomic E-state index is 13.2. The molecule has 0 heterocycles. The van der Waals surface area contributed by atoms with Crippen molar-refractivity contribution >= 4 is 5.78 Å². The van der Waals surface area contributed by atoms with E-state index in [4.69, 9.17) is 10.5 Å². The summed E-state index contributed by atoms with van der Waals surface area (Å²) in [7, 11) is 0. The van der Waals surface area contributed by atoms with Crippen molar-refractivity contribution in [2.45, 2.75) is 6.18 Å². The second-order valence-electron chi connectivity index (χ2n) is 3.25. The molecule has 7 heteroatoms. The fourth-order valence-electron chi connectivity index (χ4n) is 1.19. The molecule has 0 saturated carbocycles. The molecule has 0 aliphatic rings. The average molecular weight is 256 g/mol. The number of carbonyl (C=O) groups is 1. The van der Waals surface area contributed by atoms with Crippen molar-refractivity contribution in [3.8, 4) is 12.1 Å². The highest BCUT2D eigenvalue weighted by Gasteiger charge is 2.33. The Kier molecular flexibility index (Phi) is 3.67. The van der Waals surface area contributed by atoms with Crippen LogP contribution in [0.2, 0.25) is 0 Å². The van der Waals surface area contributed by atoms with E-state index < -0.39 is 34.8 Å². The van der Waals surface area contributed by atoms with Gasteiger partial charge in [0.05, 0.1) is 23.3 Å². The summed E-state index contributed by atoms with van der Waals surface area (Å²) in [4.78, 5) is 11.5. The van der Waals surface area contributed by atoms with E-state index in [0.29, 0.717) is 18.2 Å². The Morgan fingerprint density at radius 1 is 1.22 bits per heavy atom. The van der Waals surface area contributed by atoms with Gasteiger partial charge >= 0.3 is 6.18 Å². The molecule has 18 heavy (non-hydrogen) atoms. The third kappa shape index (κ3) is 2.64. The van der Waals surface area contributed by atoms with E-state index in [-0.39, 0.29) is 0 Å². The lowest BCUT2D eigenvalue weighted by Crippen LogP contribution is -2.15. The van der Waals surface area contributed by atoms with Gasteiger partial charge in [-0.3, -0.25) is 4.79 Å². The van der Waals surface area contributed by atoms with Crippen LogP contribution < -0.4 is 0 Å². The number of ketones is 1. The fraction of sp³-hybridized carbons (Fsp3) is 0.182. The Morgan fingerprint density at radius 2 is 1.78 bits per heavy atom. The highest BCUT2D eigenvalue weighted by molar-refractivity contribution is 6.01. The molecule has 0 spiro atoms. The molecule has 1 aromatic carbocycles. The van der Waals surface area contributed by atoms with Crippen LogP contribution in [0.3, 0.4) is 0 Å². The first-order valence-electron chi connectivity index (χ1n) is 4.51. The molecule has 0 fully saturated rings. The highest BCUT2D eigenvalue weighted by atomic mass is 19.4. The molecule has 0 aromatic heterocycles. The van der Waals surface area contributed by atoms with Gasteiger partial charge in [-0.05, 0) is 18.2 Å². The SMILES string of the molecule is N#CC(C#N)C(=O)c1cc(C(F)(F)F)ccc1F. The van der Waals surface area contributed by atoms with Gasteiger partial charge in [0.15, 0.2) is 11.7 Å². The number of halogens is 4. The smallest absolute Gasteiger partial charge is 0.291 e. The molecule has 0 atom stereocenters. The summed E-state index contributed by atoms with van der Waals surface area (Å²) in [6.07, 6.45) is -4.74. The molecule has 3 nitrogen and oxygen atoms in total. The number of hydrogen-bond donors (Lipinski definition) is 0. The molecular weight excluding hydrogens is 252 g/mol. The van der Waals surface area contributed by atoms with Crippen LogP contribution in [0.15, 0.2) is 18.2 Å². The van der Waals surface area contributed by atoms with Crippen molar-refractivity contribution in [3.63, 3.8) is 0 Å². The molecule has 0 bridgehead atoms. The third-order valence-electron chi connectivity index (χ3n) is 2.08. The number of carbonyl (C=O) groups excluding carboxylic acids is 1. The van der Waals surface area contributed by atoms with Gasteiger partial charge < -0.3 is 0 Å². The topological polar surface area (TPSA) is 64.7 Å². The average Bonchev–Trinajstić information content (AvgIpc) is 2.29. The summed E-state index contributed by atoms with van der Waals surface area (Å²) in [5.74, 6) is -4.32. The van der Waals surface area contributed by atoms with E-state index in [1.807, 2.05) is 0 Å². The van der Waals surface area contributed by atoms with Gasteiger partial charge in [-0.2, -0.15) is 23.7 Å². The van der Waals surface area contributed by atoms with E-state index in [2.05, 4.69) is 0 Å². The lowest BCUT2D eigenvalue weighted by Gasteiger charge is -2.09. The first-order chi connectivity index (χ1) is 8.31. The fourth-order valence-corrected chi connectivity index (χ4v) is 1.19. The van der Waals surface area contributed by atoms with Crippen molar-refractivity contribution in [2.75, 3.05) is 0 Å². The van der Waals surface area contributed by atoms with Crippen molar-refractivity contribution < 1.29 is 22.4 Å². The molecule has 0 unspecified atom stereocenters. The van der Waals surface area contributed by atoms with Crippen LogP contribution in [0.5, 0.6) is 0 Å². The second kappa shape index (κ2) is 4.84. The van der Waals surface area contributed by atoms with Crippen LogP contribution in [-0.2, 0) is 6.18 Å². The van der Waals surface area contributed by atoms with Crippen LogP contribution in [0, 0.1) is 34.4 Å². The minimum atomic E-state index is -4.74. The summed E-state index contributed by atoms with van der Waals surface area (Å²) < 4.78 is 50.3. The predicted molar refractivity (Wildman–Crippen MR) is 50.4 cm³/mol. The molecule has 1 aromatic rings. The first kappa shape index (κ1) is 13.7. The minimum Gasteiger partial charge on any atom is -0.291 e. The Morgan fingerprint density at radius 3 is 2.22 bits per heavy atom. The number of Topliss-reactive ketones (excluding diaryl/α,β-unsaturated/α-hetero) is 1. The van der Waals surface area contributed by atoms with E-state index >= 15 is 0 Å². The van der Waals surface area contributed by atoms with E-state index in [9.17, 15) is 22.4 Å². The van der Waals surface area contributed by atoms with Gasteiger partial charge in [-0.15, -0.1) is 0 Å². The second-order valence-corrected chi connectivity index (χ2v) is 3.25. The lowest BCUT2D eigenvalue weighted by molar-refractivity contribution is -0.137. The number of rotatable bonds is 2. The molecule has 1 rings (SSSR count). The molecule has 0 amide bonds. The van der Waals surface area contributed by atoms with Crippen LogP contribution in [-0.4, -0.2) is 5.78 Å². The molecule has 92 valence electrons. The molecule has 0 radical (unpaired) electrons. The number of hydrogen-bond acceptors (Lipinski definition) is 3. The van der Waals surface area contributed by atoms with Gasteiger partial charge in [-0.25, -0.2) is 4.39 Å². The highest BCUT2D eigenvalue weighted by Crippen LogP contribution is 2.30. The monoisotopic (exact) mass is 256 g/mol. The maximum Gasteiger partial charge on any atom is 0.416 e. The van der Waals surface area contributed by atoms with E-state index in [0.717, 1.165) is 0 Å². The minimum absolute atomic E-state index is 0.291. The Labute approximate surface area is 98.9 Å². The van der Waals surface area contributed by atoms with Crippen LogP contribution in [0.25, 0.3) is 0 Å². The van der Waals surface area contributed by atoms with E-state index in [1.165, 1.54) is 12.1 Å². The number of benzene rings is 1. The maximum atomic E-state index is 13.2. The Bertz CT molecular complexity index is 552. The zero-order valence-corrected chi connectivity index (χ0v) is 8.62. The number of alkyl halides is 3. The van der Waals surface area contributed by atoms with Gasteiger partial charge in [0.25, 0.3) is 0 Å². The van der Waals surface area contributed by atoms with E-state index in [1.54, 1.807) is 0 Å². The van der Waals surface area contributed by atoms with Crippen molar-refractivity contribution in [3.05, 3.63) is 35.1 Å². The normalized spacial score (nSPS) is 10.8. The summed E-state index contributed by atoms with van der Waals surface area (Å²) in [5, 5.41) is 16.9. The van der Waals surface area contributed by atoms with Crippen LogP contribution >= 0.6 is 0 Å². The van der Waals surface area contributed by atoms with Crippen molar-refractivity contribution in [2.24, 2.45) is 5.92 Å². The quantitative estimate of drug-likeness (QED) is 0.603. The van der Waals surface area contributed by atoms with Gasteiger partial charge in [-0.1, -0.05) is 0 Å². The van der Waals surface area contributed by atoms with Crippen LogP contribution in [0.1, 0.15) is 15.9 Å². The number of nitrogens with zero attached hydrogens (tertiary/aromatic N) is 2. The summed E-state index contributed by atoms with van der Waals surface area (Å²) in [5.41, 5.74) is -2.14. The van der Waals surface area contributed by atoms with Crippen molar-refractivity contribution in [1.82, 2.24) is 0 Å². The Hall–Kier alpha value is -2.41. The standard InChI is InChI=1S/C11H4F4N2O/c12-9-2-1-7(11(13,14)15)3-8(9)10(18)6(4-16)5-17/h1-3,6H. The predicted octanol–water partition coefficient (Wildman–Crippen LogP) is 2.69. The van der Waals surface area contributed by atoms with Crippen LogP contribution in [0.4, 0.5) is 17.6 Å². The molecule has 0 saturated heterocycles. The number of nitriles is 2. The lowest BCUT2D eigenvalue weighted by atomic mass is 9.98. The first-order valence-corrected chi connectivity index (χ1v) is 4.51. The zero-order valence-electron chi connectivity index (χ0n) is 8.62. The zero-order chi connectivity index (χ0) is 13.9.